The van der Waals surface area contributed by atoms with Crippen molar-refractivity contribution in [2.75, 3.05) is 20.8 Å². The number of carbonyl (C=O) groups excluding carboxylic acids is 1. The Morgan fingerprint density at radius 3 is 2.59 bits per heavy atom. The van der Waals surface area contributed by atoms with Crippen molar-refractivity contribution in [2.45, 2.75) is 25.8 Å². The quantitative estimate of drug-likeness (QED) is 0.718. The minimum Gasteiger partial charge on any atom is -0.493 e. The summed E-state index contributed by atoms with van der Waals surface area (Å²) in [6.45, 7) is 6.17. The van der Waals surface area contributed by atoms with Gasteiger partial charge in [0.25, 0.3) is 5.91 Å². The van der Waals surface area contributed by atoms with Crippen LogP contribution in [0.5, 0.6) is 11.5 Å². The molecule has 0 aliphatic carbocycles. The largest absolute Gasteiger partial charge is 0.493 e. The van der Waals surface area contributed by atoms with Gasteiger partial charge in [-0.15, -0.1) is 19.0 Å². The highest BCUT2D eigenvalue weighted by Crippen LogP contribution is 2.33. The van der Waals surface area contributed by atoms with E-state index in [2.05, 4.69) is 11.9 Å². The van der Waals surface area contributed by atoms with Crippen LogP contribution in [0.2, 0.25) is 0 Å². The summed E-state index contributed by atoms with van der Waals surface area (Å²) in [7, 11) is 3.13. The summed E-state index contributed by atoms with van der Waals surface area (Å²) in [5.74, 6) is 1.01. The number of ether oxygens (including phenoxy) is 2. The summed E-state index contributed by atoms with van der Waals surface area (Å²) in [6.07, 6.45) is 3.09. The third-order valence-corrected chi connectivity index (χ3v) is 3.07. The minimum absolute atomic E-state index is 0. The van der Waals surface area contributed by atoms with E-state index in [-0.39, 0.29) is 24.4 Å². The van der Waals surface area contributed by atoms with Crippen molar-refractivity contribution in [3.63, 3.8) is 0 Å². The van der Waals surface area contributed by atoms with Crippen LogP contribution in [0.4, 0.5) is 0 Å². The summed E-state index contributed by atoms with van der Waals surface area (Å²) in [6, 6.07) is 3.53. The van der Waals surface area contributed by atoms with Gasteiger partial charge in [-0.2, -0.15) is 0 Å². The number of hydrogen-bond donors (Lipinski definition) is 2. The van der Waals surface area contributed by atoms with Crippen LogP contribution >= 0.6 is 12.4 Å². The predicted octanol–water partition coefficient (Wildman–Crippen LogP) is 2.32. The van der Waals surface area contributed by atoms with Crippen molar-refractivity contribution in [1.82, 2.24) is 5.32 Å². The molecule has 22 heavy (non-hydrogen) atoms. The lowest BCUT2D eigenvalue weighted by atomic mass is 10.0. The Morgan fingerprint density at radius 1 is 1.41 bits per heavy atom. The summed E-state index contributed by atoms with van der Waals surface area (Å²) in [5, 5.41) is 2.85. The maximum atomic E-state index is 12.2. The zero-order valence-corrected chi connectivity index (χ0v) is 14.2. The van der Waals surface area contributed by atoms with Gasteiger partial charge in [0.1, 0.15) is 0 Å². The normalized spacial score (nSPS) is 11.1. The topological polar surface area (TPSA) is 73.6 Å². The molecule has 0 aliphatic rings. The second-order valence-electron chi connectivity index (χ2n) is 4.89. The van der Waals surface area contributed by atoms with Crippen molar-refractivity contribution >= 4 is 18.3 Å². The third-order valence-electron chi connectivity index (χ3n) is 3.07. The van der Waals surface area contributed by atoms with Crippen LogP contribution in [0.1, 0.15) is 29.3 Å². The Labute approximate surface area is 138 Å². The molecule has 1 unspecified atom stereocenters. The fraction of sp³-hybridized carbons (Fsp3) is 0.438. The first-order valence-corrected chi connectivity index (χ1v) is 6.93. The standard InChI is InChI=1S/C16H24N2O3.ClH/c1-5-6-12-9-13(10-14(20-3)15(12)21-4)16(19)18-8-7-11(2)17;/h5,9-11H,1,6-8,17H2,2-4H3,(H,18,19);1H. The zero-order valence-electron chi connectivity index (χ0n) is 13.3. The first kappa shape index (κ1) is 20.3. The second-order valence-corrected chi connectivity index (χ2v) is 4.89. The van der Waals surface area contributed by atoms with Gasteiger partial charge in [0.05, 0.1) is 14.2 Å². The van der Waals surface area contributed by atoms with E-state index in [1.165, 1.54) is 0 Å². The molecule has 0 fully saturated rings. The highest BCUT2D eigenvalue weighted by molar-refractivity contribution is 5.95. The van der Waals surface area contributed by atoms with E-state index in [0.717, 1.165) is 12.0 Å². The van der Waals surface area contributed by atoms with Gasteiger partial charge in [-0.1, -0.05) is 6.08 Å². The second kappa shape index (κ2) is 10.1. The minimum atomic E-state index is -0.151. The Morgan fingerprint density at radius 2 is 2.09 bits per heavy atom. The van der Waals surface area contributed by atoms with Crippen LogP contribution in [-0.2, 0) is 6.42 Å². The monoisotopic (exact) mass is 328 g/mol. The van der Waals surface area contributed by atoms with Crippen LogP contribution in [0.3, 0.4) is 0 Å². The first-order valence-electron chi connectivity index (χ1n) is 6.93. The molecule has 1 amide bonds. The maximum Gasteiger partial charge on any atom is 0.251 e. The van der Waals surface area contributed by atoms with Crippen molar-refractivity contribution in [2.24, 2.45) is 5.73 Å². The molecule has 0 radical (unpaired) electrons. The van der Waals surface area contributed by atoms with Crippen molar-refractivity contribution in [3.8, 4) is 11.5 Å². The zero-order chi connectivity index (χ0) is 15.8. The fourth-order valence-electron chi connectivity index (χ4n) is 2.00. The van der Waals surface area contributed by atoms with Crippen LogP contribution in [0.15, 0.2) is 24.8 Å². The molecule has 0 heterocycles. The Balaban J connectivity index is 0.00000441. The van der Waals surface area contributed by atoms with Crippen molar-refractivity contribution in [3.05, 3.63) is 35.9 Å². The van der Waals surface area contributed by atoms with Gasteiger partial charge >= 0.3 is 0 Å². The van der Waals surface area contributed by atoms with Gasteiger partial charge in [-0.3, -0.25) is 4.79 Å². The fourth-order valence-corrected chi connectivity index (χ4v) is 2.00. The number of allylic oxidation sites excluding steroid dienone is 1. The molecule has 1 aromatic carbocycles. The number of carbonyl (C=O) groups is 1. The molecule has 0 spiro atoms. The number of nitrogens with two attached hydrogens (primary N) is 1. The molecule has 5 nitrogen and oxygen atoms in total. The van der Waals surface area contributed by atoms with Crippen LogP contribution < -0.4 is 20.5 Å². The number of hydrogen-bond acceptors (Lipinski definition) is 4. The van der Waals surface area contributed by atoms with Crippen LogP contribution in [0, 0.1) is 0 Å². The molecule has 0 aromatic heterocycles. The van der Waals surface area contributed by atoms with E-state index in [4.69, 9.17) is 15.2 Å². The summed E-state index contributed by atoms with van der Waals surface area (Å²) in [4.78, 5) is 12.2. The highest BCUT2D eigenvalue weighted by Gasteiger charge is 2.15. The smallest absolute Gasteiger partial charge is 0.251 e. The summed E-state index contributed by atoms with van der Waals surface area (Å²) in [5.41, 5.74) is 7.07. The Bertz CT molecular complexity index is 504. The molecule has 124 valence electrons. The molecule has 0 saturated heterocycles. The van der Waals surface area contributed by atoms with E-state index in [9.17, 15) is 4.79 Å². The van der Waals surface area contributed by atoms with Crippen LogP contribution in [-0.4, -0.2) is 32.7 Å². The number of amides is 1. The molecule has 1 aromatic rings. The number of rotatable bonds is 8. The number of nitrogens with one attached hydrogen (secondary N) is 1. The van der Waals surface area contributed by atoms with E-state index < -0.39 is 0 Å². The number of methoxy groups -OCH3 is 2. The molecule has 0 bridgehead atoms. The molecule has 3 N–H and O–H groups in total. The SMILES string of the molecule is C=CCc1cc(C(=O)NCCC(C)N)cc(OC)c1OC.Cl. The van der Waals surface area contributed by atoms with Gasteiger partial charge in [0.15, 0.2) is 11.5 Å². The maximum absolute atomic E-state index is 12.2. The third kappa shape index (κ3) is 5.58. The van der Waals surface area contributed by atoms with Gasteiger partial charge in [0.2, 0.25) is 0 Å². The summed E-state index contributed by atoms with van der Waals surface area (Å²) < 4.78 is 10.6. The van der Waals surface area contributed by atoms with E-state index in [1.807, 2.05) is 6.92 Å². The van der Waals surface area contributed by atoms with E-state index in [1.54, 1.807) is 32.4 Å². The Hall–Kier alpha value is -1.72. The van der Waals surface area contributed by atoms with Gasteiger partial charge in [0, 0.05) is 23.7 Å². The Kier molecular flexibility index (Phi) is 9.29. The van der Waals surface area contributed by atoms with Crippen molar-refractivity contribution < 1.29 is 14.3 Å². The average Bonchev–Trinajstić information content (AvgIpc) is 2.46. The lowest BCUT2D eigenvalue weighted by Crippen LogP contribution is -2.29. The lowest BCUT2D eigenvalue weighted by molar-refractivity contribution is 0.0952. The predicted molar refractivity (Wildman–Crippen MR) is 91.3 cm³/mol. The molecule has 0 saturated carbocycles. The lowest BCUT2D eigenvalue weighted by Gasteiger charge is -2.14. The highest BCUT2D eigenvalue weighted by atomic mass is 35.5. The van der Waals surface area contributed by atoms with Gasteiger partial charge in [-0.05, 0) is 31.9 Å². The van der Waals surface area contributed by atoms with Gasteiger partial charge < -0.3 is 20.5 Å². The molecule has 0 aliphatic heterocycles. The number of benzene rings is 1. The van der Waals surface area contributed by atoms with Crippen LogP contribution in [0.25, 0.3) is 0 Å². The summed E-state index contributed by atoms with van der Waals surface area (Å²) >= 11 is 0. The average molecular weight is 329 g/mol. The molecule has 6 heteroatoms. The molecule has 1 atom stereocenters. The molecular formula is C16H25ClN2O3. The number of halogens is 1. The van der Waals surface area contributed by atoms with Crippen molar-refractivity contribution in [1.29, 1.82) is 0 Å². The first-order chi connectivity index (χ1) is 10.0. The molecular weight excluding hydrogens is 304 g/mol. The van der Waals surface area contributed by atoms with Gasteiger partial charge in [-0.25, -0.2) is 0 Å². The van der Waals surface area contributed by atoms with E-state index >= 15 is 0 Å². The molecule has 1 rings (SSSR count). The van der Waals surface area contributed by atoms with E-state index in [0.29, 0.717) is 30.0 Å².